The van der Waals surface area contributed by atoms with Gasteiger partial charge in [-0.25, -0.2) is 9.97 Å². The topological polar surface area (TPSA) is 93.0 Å². The molecule has 8 nitrogen and oxygen atoms in total. The first-order chi connectivity index (χ1) is 13.1. The summed E-state index contributed by atoms with van der Waals surface area (Å²) in [5.41, 5.74) is 0.0327. The van der Waals surface area contributed by atoms with Gasteiger partial charge in [0.15, 0.2) is 5.69 Å². The van der Waals surface area contributed by atoms with Crippen LogP contribution >= 0.6 is 0 Å². The number of rotatable bonds is 3. The van der Waals surface area contributed by atoms with Gasteiger partial charge < -0.3 is 20.0 Å². The van der Waals surface area contributed by atoms with Crippen LogP contribution in [0, 0.1) is 0 Å². The Labute approximate surface area is 157 Å². The summed E-state index contributed by atoms with van der Waals surface area (Å²) in [4.78, 5) is 27.0. The van der Waals surface area contributed by atoms with Crippen molar-refractivity contribution in [2.75, 3.05) is 44.2 Å². The van der Waals surface area contributed by atoms with Gasteiger partial charge in [-0.05, 0) is 24.3 Å². The Balaban J connectivity index is 1.38. The fourth-order valence-corrected chi connectivity index (χ4v) is 3.83. The largest absolute Gasteiger partial charge is 0.505 e. The van der Waals surface area contributed by atoms with Crippen LogP contribution in [0.25, 0.3) is 0 Å². The van der Waals surface area contributed by atoms with E-state index in [1.54, 1.807) is 17.2 Å². The number of carbonyl (C=O) groups excluding carboxylic acids is 1. The SMILES string of the molecule is O=C(c1ncccc1O)N1C[C@H](O)[C@@H](N2CCN(c3ccccn3)CC2)C1. The van der Waals surface area contributed by atoms with Gasteiger partial charge in [-0.1, -0.05) is 6.07 Å². The summed E-state index contributed by atoms with van der Waals surface area (Å²) in [7, 11) is 0. The fourth-order valence-electron chi connectivity index (χ4n) is 3.83. The van der Waals surface area contributed by atoms with Crippen molar-refractivity contribution in [3.05, 3.63) is 48.4 Å². The van der Waals surface area contributed by atoms with Crippen molar-refractivity contribution < 1.29 is 15.0 Å². The molecule has 2 aliphatic rings. The minimum absolute atomic E-state index is 0.0327. The Morgan fingerprint density at radius 3 is 2.48 bits per heavy atom. The van der Waals surface area contributed by atoms with E-state index >= 15 is 0 Å². The second kappa shape index (κ2) is 7.50. The lowest BCUT2D eigenvalue weighted by Crippen LogP contribution is -2.54. The molecule has 0 unspecified atom stereocenters. The quantitative estimate of drug-likeness (QED) is 0.798. The van der Waals surface area contributed by atoms with Crippen LogP contribution in [0.4, 0.5) is 5.82 Å². The lowest BCUT2D eigenvalue weighted by Gasteiger charge is -2.39. The molecule has 142 valence electrons. The number of piperazine rings is 1. The monoisotopic (exact) mass is 369 g/mol. The second-order valence-corrected chi connectivity index (χ2v) is 6.93. The van der Waals surface area contributed by atoms with Crippen molar-refractivity contribution in [2.24, 2.45) is 0 Å². The van der Waals surface area contributed by atoms with Crippen molar-refractivity contribution in [1.29, 1.82) is 0 Å². The van der Waals surface area contributed by atoms with Crippen LogP contribution in [0.15, 0.2) is 42.7 Å². The molecule has 2 fully saturated rings. The summed E-state index contributed by atoms with van der Waals surface area (Å²) in [5.74, 6) is 0.484. The zero-order valence-corrected chi connectivity index (χ0v) is 15.0. The number of aromatic hydroxyl groups is 1. The number of anilines is 1. The van der Waals surface area contributed by atoms with Crippen LogP contribution in [0.1, 0.15) is 10.5 Å². The number of pyridine rings is 2. The third kappa shape index (κ3) is 3.58. The van der Waals surface area contributed by atoms with E-state index in [0.29, 0.717) is 6.54 Å². The van der Waals surface area contributed by atoms with Gasteiger partial charge in [-0.3, -0.25) is 9.69 Å². The van der Waals surface area contributed by atoms with E-state index in [9.17, 15) is 15.0 Å². The Morgan fingerprint density at radius 1 is 1.00 bits per heavy atom. The number of carbonyl (C=O) groups is 1. The molecule has 2 aromatic rings. The van der Waals surface area contributed by atoms with Crippen LogP contribution in [0.5, 0.6) is 5.75 Å². The number of aromatic nitrogens is 2. The predicted molar refractivity (Wildman–Crippen MR) is 99.6 cm³/mol. The van der Waals surface area contributed by atoms with E-state index in [0.717, 1.165) is 32.0 Å². The number of amides is 1. The van der Waals surface area contributed by atoms with Gasteiger partial charge in [-0.2, -0.15) is 0 Å². The summed E-state index contributed by atoms with van der Waals surface area (Å²) in [5, 5.41) is 20.4. The molecule has 0 aromatic carbocycles. The third-order valence-corrected chi connectivity index (χ3v) is 5.29. The van der Waals surface area contributed by atoms with E-state index in [4.69, 9.17) is 0 Å². The van der Waals surface area contributed by atoms with Crippen molar-refractivity contribution in [3.8, 4) is 5.75 Å². The van der Waals surface area contributed by atoms with Gasteiger partial charge in [0.1, 0.15) is 11.6 Å². The Morgan fingerprint density at radius 2 is 1.78 bits per heavy atom. The predicted octanol–water partition coefficient (Wildman–Crippen LogP) is 0.190. The first-order valence-electron chi connectivity index (χ1n) is 9.15. The van der Waals surface area contributed by atoms with Gasteiger partial charge in [0.05, 0.1) is 12.1 Å². The van der Waals surface area contributed by atoms with Crippen LogP contribution in [-0.2, 0) is 0 Å². The summed E-state index contributed by atoms with van der Waals surface area (Å²) < 4.78 is 0. The molecule has 4 rings (SSSR count). The van der Waals surface area contributed by atoms with E-state index in [2.05, 4.69) is 19.8 Å². The fraction of sp³-hybridized carbons (Fsp3) is 0.421. The number of hydrogen-bond acceptors (Lipinski definition) is 7. The summed E-state index contributed by atoms with van der Waals surface area (Å²) in [6, 6.07) is 8.80. The van der Waals surface area contributed by atoms with Crippen LogP contribution in [-0.4, -0.2) is 87.3 Å². The van der Waals surface area contributed by atoms with Gasteiger partial charge >= 0.3 is 0 Å². The minimum Gasteiger partial charge on any atom is -0.505 e. The second-order valence-electron chi connectivity index (χ2n) is 6.93. The molecule has 0 aliphatic carbocycles. The highest BCUT2D eigenvalue weighted by atomic mass is 16.3. The van der Waals surface area contributed by atoms with Crippen LogP contribution in [0.2, 0.25) is 0 Å². The van der Waals surface area contributed by atoms with Gasteiger partial charge in [-0.15, -0.1) is 0 Å². The van der Waals surface area contributed by atoms with E-state index < -0.39 is 6.10 Å². The highest BCUT2D eigenvalue weighted by Crippen LogP contribution is 2.23. The third-order valence-electron chi connectivity index (χ3n) is 5.29. The molecule has 1 amide bonds. The number of nitrogens with zero attached hydrogens (tertiary/aromatic N) is 5. The summed E-state index contributed by atoms with van der Waals surface area (Å²) >= 11 is 0. The maximum atomic E-state index is 12.6. The zero-order valence-electron chi connectivity index (χ0n) is 15.0. The Bertz CT molecular complexity index is 795. The molecule has 0 saturated carbocycles. The molecule has 27 heavy (non-hydrogen) atoms. The Hall–Kier alpha value is -2.71. The molecule has 8 heteroatoms. The normalized spacial score (nSPS) is 23.6. The lowest BCUT2D eigenvalue weighted by molar-refractivity contribution is 0.0747. The van der Waals surface area contributed by atoms with Crippen molar-refractivity contribution in [1.82, 2.24) is 19.8 Å². The number of aliphatic hydroxyl groups excluding tert-OH is 1. The number of β-amino-alcohol motifs (C(OH)–C–C–N with tert-alkyl or cyclic N) is 1. The first kappa shape index (κ1) is 17.7. The molecular weight excluding hydrogens is 346 g/mol. The van der Waals surface area contributed by atoms with Crippen LogP contribution < -0.4 is 4.90 Å². The summed E-state index contributed by atoms with van der Waals surface area (Å²) in [6.45, 7) is 3.94. The molecule has 0 radical (unpaired) electrons. The molecule has 2 aromatic heterocycles. The van der Waals surface area contributed by atoms with Gasteiger partial charge in [0.2, 0.25) is 0 Å². The van der Waals surface area contributed by atoms with E-state index in [-0.39, 0.29) is 29.9 Å². The smallest absolute Gasteiger partial charge is 0.276 e. The average molecular weight is 369 g/mol. The molecule has 2 aliphatic heterocycles. The molecule has 2 atom stereocenters. The standard InChI is InChI=1S/C19H23N5O3/c25-15-4-3-7-21-18(15)19(27)24-12-14(16(26)13-24)22-8-10-23(11-9-22)17-5-1-2-6-20-17/h1-7,14,16,25-26H,8-13H2/t14-,16-/m0/s1. The highest BCUT2D eigenvalue weighted by molar-refractivity contribution is 5.95. The molecular formula is C19H23N5O3. The van der Waals surface area contributed by atoms with Gasteiger partial charge in [0, 0.05) is 51.7 Å². The van der Waals surface area contributed by atoms with E-state index in [1.165, 1.54) is 12.3 Å². The first-order valence-corrected chi connectivity index (χ1v) is 9.15. The number of aliphatic hydroxyl groups is 1. The van der Waals surface area contributed by atoms with Crippen molar-refractivity contribution in [2.45, 2.75) is 12.1 Å². The molecule has 4 heterocycles. The lowest BCUT2D eigenvalue weighted by atomic mass is 10.1. The van der Waals surface area contributed by atoms with E-state index in [1.807, 2.05) is 18.2 Å². The van der Waals surface area contributed by atoms with Gasteiger partial charge in [0.25, 0.3) is 5.91 Å². The van der Waals surface area contributed by atoms with Crippen molar-refractivity contribution in [3.63, 3.8) is 0 Å². The maximum absolute atomic E-state index is 12.6. The highest BCUT2D eigenvalue weighted by Gasteiger charge is 2.39. The average Bonchev–Trinajstić information content (AvgIpc) is 3.10. The Kier molecular flexibility index (Phi) is 4.91. The molecule has 2 saturated heterocycles. The van der Waals surface area contributed by atoms with Crippen molar-refractivity contribution >= 4 is 11.7 Å². The summed E-state index contributed by atoms with van der Waals surface area (Å²) in [6.07, 6.45) is 2.66. The molecule has 2 N–H and O–H groups in total. The zero-order chi connectivity index (χ0) is 18.8. The molecule has 0 spiro atoms. The number of hydrogen-bond donors (Lipinski definition) is 2. The maximum Gasteiger partial charge on any atom is 0.276 e. The molecule has 0 bridgehead atoms. The number of likely N-dealkylation sites (tertiary alicyclic amines) is 1. The minimum atomic E-state index is -0.610. The van der Waals surface area contributed by atoms with Crippen LogP contribution in [0.3, 0.4) is 0 Å².